The van der Waals surface area contributed by atoms with Crippen molar-refractivity contribution in [2.45, 2.75) is 6.85 Å². The van der Waals surface area contributed by atoms with Crippen LogP contribution in [0, 0.1) is 6.85 Å². The van der Waals surface area contributed by atoms with Gasteiger partial charge in [0.1, 0.15) is 23.0 Å². The number of pyridine rings is 2. The Hall–Kier alpha value is -6.34. The Bertz CT molecular complexity index is 2290. The Morgan fingerprint density at radius 1 is 0.522 bits per heavy atom. The minimum atomic E-state index is -2.32. The summed E-state index contributed by atoms with van der Waals surface area (Å²) < 4.78 is 38.0. The molecule has 0 N–H and O–H groups in total. The van der Waals surface area contributed by atoms with E-state index >= 15 is 0 Å². The first kappa shape index (κ1) is 24.0. The van der Waals surface area contributed by atoms with Gasteiger partial charge in [-0.1, -0.05) is 36.4 Å². The zero-order chi connectivity index (χ0) is 33.4. The zero-order valence-electron chi connectivity index (χ0n) is 27.4. The smallest absolute Gasteiger partial charge is 0.234 e. The predicted octanol–water partition coefficient (Wildman–Crippen LogP) is 9.59. The van der Waals surface area contributed by atoms with E-state index in [2.05, 4.69) is 19.9 Å². The van der Waals surface area contributed by atoms with E-state index < -0.39 is 6.85 Å². The topological polar surface area (TPSA) is 75.0 Å². The van der Waals surface area contributed by atoms with E-state index in [0.717, 1.165) is 44.3 Å². The fourth-order valence-corrected chi connectivity index (χ4v) is 5.53. The van der Waals surface area contributed by atoms with Gasteiger partial charge in [0.25, 0.3) is 0 Å². The normalized spacial score (nSPS) is 12.4. The molecule has 4 heterocycles. The number of fused-ring (bicyclic) bond motifs is 3. The van der Waals surface area contributed by atoms with Gasteiger partial charge in [-0.05, 0) is 85.2 Å². The number of aromatic nitrogens is 5. The lowest BCUT2D eigenvalue weighted by molar-refractivity contribution is 0.483. The maximum atomic E-state index is 7.80. The molecule has 0 bridgehead atoms. The molecule has 8 aromatic rings. The van der Waals surface area contributed by atoms with Crippen molar-refractivity contribution in [1.82, 2.24) is 24.5 Å². The lowest BCUT2D eigenvalue weighted by Gasteiger charge is -2.10. The standard InChI is InChI=1S/C39H27N5O2/c1-26-24-42-39(43-25-26)44-37-22-31(45-29-10-6-8-27(20-29)35-12-2-4-18-40-35)14-16-33(37)34-17-15-32(23-38(34)44)46-30-11-7-9-28(21-30)36-13-3-5-19-41-36/h2-25H,1H3/i1D3. The molecule has 0 amide bonds. The molecule has 220 valence electrons. The summed E-state index contributed by atoms with van der Waals surface area (Å²) in [6.45, 7) is -2.32. The zero-order valence-corrected chi connectivity index (χ0v) is 24.4. The number of nitrogens with zero attached hydrogens (tertiary/aromatic N) is 5. The molecule has 46 heavy (non-hydrogen) atoms. The van der Waals surface area contributed by atoms with E-state index in [1.54, 1.807) is 12.4 Å². The molecule has 8 rings (SSSR count). The summed E-state index contributed by atoms with van der Waals surface area (Å²) >= 11 is 0. The van der Waals surface area contributed by atoms with E-state index in [-0.39, 0.29) is 5.56 Å². The maximum Gasteiger partial charge on any atom is 0.234 e. The summed E-state index contributed by atoms with van der Waals surface area (Å²) in [6.07, 6.45) is 6.22. The molecule has 0 unspecified atom stereocenters. The first-order chi connectivity index (χ1) is 23.9. The predicted molar refractivity (Wildman–Crippen MR) is 181 cm³/mol. The highest BCUT2D eigenvalue weighted by Gasteiger charge is 2.17. The van der Waals surface area contributed by atoms with Gasteiger partial charge in [-0.15, -0.1) is 0 Å². The molecule has 0 aliphatic rings. The molecule has 4 aromatic heterocycles. The number of rotatable bonds is 7. The van der Waals surface area contributed by atoms with Crippen LogP contribution in [0.1, 0.15) is 9.68 Å². The highest BCUT2D eigenvalue weighted by molar-refractivity contribution is 6.09. The van der Waals surface area contributed by atoms with E-state index in [1.165, 1.54) is 12.4 Å². The number of aryl methyl sites for hydroxylation is 1. The Balaban J connectivity index is 1.21. The molecule has 0 radical (unpaired) electrons. The first-order valence-electron chi connectivity index (χ1n) is 16.2. The summed E-state index contributed by atoms with van der Waals surface area (Å²) in [6, 6.07) is 38.8. The van der Waals surface area contributed by atoms with Crippen molar-refractivity contribution in [3.05, 3.63) is 152 Å². The van der Waals surface area contributed by atoms with Gasteiger partial charge in [-0.25, -0.2) is 9.97 Å². The van der Waals surface area contributed by atoms with Crippen molar-refractivity contribution < 1.29 is 13.6 Å². The maximum absolute atomic E-state index is 7.80. The van der Waals surface area contributed by atoms with Gasteiger partial charge < -0.3 is 9.47 Å². The van der Waals surface area contributed by atoms with Gasteiger partial charge in [-0.2, -0.15) is 0 Å². The average molecular weight is 601 g/mol. The number of benzene rings is 4. The van der Waals surface area contributed by atoms with Crippen LogP contribution in [0.2, 0.25) is 0 Å². The second kappa shape index (κ2) is 11.6. The van der Waals surface area contributed by atoms with Crippen LogP contribution in [-0.2, 0) is 0 Å². The molecule has 7 nitrogen and oxygen atoms in total. The Morgan fingerprint density at radius 2 is 1.04 bits per heavy atom. The van der Waals surface area contributed by atoms with Crippen molar-refractivity contribution >= 4 is 21.8 Å². The monoisotopic (exact) mass is 600 g/mol. The van der Waals surface area contributed by atoms with Crippen LogP contribution in [0.4, 0.5) is 0 Å². The summed E-state index contributed by atoms with van der Waals surface area (Å²) in [5.41, 5.74) is 5.20. The van der Waals surface area contributed by atoms with Crippen molar-refractivity contribution in [3.63, 3.8) is 0 Å². The minimum Gasteiger partial charge on any atom is -0.457 e. The summed E-state index contributed by atoms with van der Waals surface area (Å²) in [4.78, 5) is 17.9. The van der Waals surface area contributed by atoms with Crippen LogP contribution in [0.25, 0.3) is 50.3 Å². The van der Waals surface area contributed by atoms with Gasteiger partial charge in [0.2, 0.25) is 5.95 Å². The molecule has 0 atom stereocenters. The molecule has 0 aliphatic carbocycles. The first-order valence-corrected chi connectivity index (χ1v) is 14.7. The molecular weight excluding hydrogens is 570 g/mol. The molecule has 4 aromatic carbocycles. The van der Waals surface area contributed by atoms with Gasteiger partial charge in [-0.3, -0.25) is 14.5 Å². The molecule has 0 aliphatic heterocycles. The molecular formula is C39H27N5O2. The summed E-state index contributed by atoms with van der Waals surface area (Å²) in [5, 5.41) is 1.88. The van der Waals surface area contributed by atoms with Gasteiger partial charge in [0, 0.05) is 62.9 Å². The highest BCUT2D eigenvalue weighted by atomic mass is 16.5. The van der Waals surface area contributed by atoms with Crippen LogP contribution in [0.3, 0.4) is 0 Å². The molecule has 7 heteroatoms. The molecule has 0 saturated carbocycles. The van der Waals surface area contributed by atoms with E-state index in [1.807, 2.05) is 126 Å². The van der Waals surface area contributed by atoms with Gasteiger partial charge in [0.05, 0.1) is 22.4 Å². The van der Waals surface area contributed by atoms with Crippen LogP contribution >= 0.6 is 0 Å². The largest absolute Gasteiger partial charge is 0.457 e. The number of hydrogen-bond acceptors (Lipinski definition) is 6. The van der Waals surface area contributed by atoms with Gasteiger partial charge in [0.15, 0.2) is 0 Å². The Labute approximate surface area is 269 Å². The van der Waals surface area contributed by atoms with Crippen LogP contribution in [0.15, 0.2) is 146 Å². The van der Waals surface area contributed by atoms with Crippen LogP contribution in [0.5, 0.6) is 23.0 Å². The molecule has 0 spiro atoms. The second-order valence-corrected chi connectivity index (χ2v) is 10.7. The minimum absolute atomic E-state index is 0.0608. The summed E-state index contributed by atoms with van der Waals surface area (Å²) in [5.74, 6) is 2.85. The Morgan fingerprint density at radius 3 is 1.52 bits per heavy atom. The summed E-state index contributed by atoms with van der Waals surface area (Å²) in [7, 11) is 0. The van der Waals surface area contributed by atoms with Crippen LogP contribution in [-0.4, -0.2) is 24.5 Å². The average Bonchev–Trinajstić information content (AvgIpc) is 3.45. The van der Waals surface area contributed by atoms with Crippen molar-refractivity contribution in [2.75, 3.05) is 0 Å². The van der Waals surface area contributed by atoms with Crippen molar-refractivity contribution in [3.8, 4) is 51.5 Å². The van der Waals surface area contributed by atoms with Crippen LogP contribution < -0.4 is 9.47 Å². The van der Waals surface area contributed by atoms with E-state index in [9.17, 15) is 0 Å². The molecule has 0 saturated heterocycles. The Kier molecular flexibility index (Phi) is 6.08. The second-order valence-electron chi connectivity index (χ2n) is 10.7. The quantitative estimate of drug-likeness (QED) is 0.181. The lowest BCUT2D eigenvalue weighted by Crippen LogP contribution is -2.01. The third-order valence-corrected chi connectivity index (χ3v) is 7.61. The number of ether oxygens (including phenoxy) is 2. The fraction of sp³-hybridized carbons (Fsp3) is 0.0256. The van der Waals surface area contributed by atoms with Crippen molar-refractivity contribution in [1.29, 1.82) is 0 Å². The van der Waals surface area contributed by atoms with E-state index in [4.69, 9.17) is 13.6 Å². The van der Waals surface area contributed by atoms with Gasteiger partial charge >= 0.3 is 0 Å². The highest BCUT2D eigenvalue weighted by Crippen LogP contribution is 2.37. The lowest BCUT2D eigenvalue weighted by atomic mass is 10.1. The fourth-order valence-electron chi connectivity index (χ4n) is 5.53. The number of hydrogen-bond donors (Lipinski definition) is 0. The third kappa shape index (κ3) is 5.31. The van der Waals surface area contributed by atoms with E-state index in [0.29, 0.717) is 28.9 Å². The SMILES string of the molecule is [2H]C([2H])([2H])c1cnc(-n2c3cc(Oc4cccc(-c5ccccn5)c4)ccc3c3ccc(Oc4cccc(-c5ccccn5)c4)cc32)nc1. The molecule has 0 fully saturated rings. The van der Waals surface area contributed by atoms with Crippen molar-refractivity contribution in [2.24, 2.45) is 0 Å². The third-order valence-electron chi connectivity index (χ3n) is 7.61.